The highest BCUT2D eigenvalue weighted by molar-refractivity contribution is 5.84. The molecule has 1 heterocycles. The summed E-state index contributed by atoms with van der Waals surface area (Å²) in [6.45, 7) is 4.79. The van der Waals surface area contributed by atoms with E-state index in [4.69, 9.17) is 0 Å². The fourth-order valence-corrected chi connectivity index (χ4v) is 1.69. The van der Waals surface area contributed by atoms with Crippen LogP contribution in [0.1, 0.15) is 5.56 Å². The molecule has 0 aromatic heterocycles. The van der Waals surface area contributed by atoms with Crippen LogP contribution in [0.25, 0.3) is 5.57 Å². The van der Waals surface area contributed by atoms with Crippen LogP contribution in [-0.4, -0.2) is 13.6 Å². The van der Waals surface area contributed by atoms with Crippen LogP contribution >= 0.6 is 0 Å². The Balaban J connectivity index is 2.58. The number of rotatable bonds is 1. The SMILES string of the molecule is C=CC1=CCN(C)c2ccccc21. The summed E-state index contributed by atoms with van der Waals surface area (Å²) < 4.78 is 0. The van der Waals surface area contributed by atoms with E-state index < -0.39 is 0 Å². The van der Waals surface area contributed by atoms with Gasteiger partial charge in [0, 0.05) is 24.8 Å². The molecule has 0 bridgehead atoms. The average molecular weight is 171 g/mol. The number of hydrogen-bond acceptors (Lipinski definition) is 1. The first-order valence-corrected chi connectivity index (χ1v) is 4.46. The van der Waals surface area contributed by atoms with Gasteiger partial charge in [-0.25, -0.2) is 0 Å². The predicted molar refractivity (Wildman–Crippen MR) is 57.9 cm³/mol. The van der Waals surface area contributed by atoms with Crippen molar-refractivity contribution in [2.24, 2.45) is 0 Å². The minimum Gasteiger partial charge on any atom is -0.370 e. The van der Waals surface area contributed by atoms with Crippen LogP contribution in [0, 0.1) is 0 Å². The number of likely N-dealkylation sites (N-methyl/N-ethyl adjacent to an activating group) is 1. The van der Waals surface area contributed by atoms with E-state index in [0.29, 0.717) is 0 Å². The number of para-hydroxylation sites is 1. The van der Waals surface area contributed by atoms with Gasteiger partial charge in [0.05, 0.1) is 0 Å². The Labute approximate surface area is 79.0 Å². The van der Waals surface area contributed by atoms with Crippen LogP contribution < -0.4 is 4.90 Å². The summed E-state index contributed by atoms with van der Waals surface area (Å²) in [5.74, 6) is 0. The van der Waals surface area contributed by atoms with E-state index in [-0.39, 0.29) is 0 Å². The lowest BCUT2D eigenvalue weighted by molar-refractivity contribution is 1.01. The van der Waals surface area contributed by atoms with Gasteiger partial charge in [-0.1, -0.05) is 36.9 Å². The average Bonchev–Trinajstić information content (AvgIpc) is 2.19. The summed E-state index contributed by atoms with van der Waals surface area (Å²) in [6, 6.07) is 8.42. The van der Waals surface area contributed by atoms with Crippen molar-refractivity contribution in [3.8, 4) is 0 Å². The summed E-state index contributed by atoms with van der Waals surface area (Å²) in [5, 5.41) is 0. The molecule has 1 aromatic carbocycles. The second kappa shape index (κ2) is 3.09. The van der Waals surface area contributed by atoms with E-state index in [1.165, 1.54) is 16.8 Å². The molecule has 13 heavy (non-hydrogen) atoms. The van der Waals surface area contributed by atoms with Crippen molar-refractivity contribution in [3.05, 3.63) is 48.6 Å². The second-order valence-electron chi connectivity index (χ2n) is 3.26. The molecule has 0 spiro atoms. The summed E-state index contributed by atoms with van der Waals surface area (Å²) in [4.78, 5) is 2.24. The first-order chi connectivity index (χ1) is 6.33. The van der Waals surface area contributed by atoms with Gasteiger partial charge >= 0.3 is 0 Å². The van der Waals surface area contributed by atoms with Crippen LogP contribution in [0.3, 0.4) is 0 Å². The number of anilines is 1. The van der Waals surface area contributed by atoms with E-state index >= 15 is 0 Å². The molecule has 0 saturated heterocycles. The fraction of sp³-hybridized carbons (Fsp3) is 0.167. The van der Waals surface area contributed by atoms with Gasteiger partial charge in [-0.15, -0.1) is 0 Å². The van der Waals surface area contributed by atoms with Crippen molar-refractivity contribution in [3.63, 3.8) is 0 Å². The van der Waals surface area contributed by atoms with Gasteiger partial charge in [-0.3, -0.25) is 0 Å². The van der Waals surface area contributed by atoms with Gasteiger partial charge < -0.3 is 4.90 Å². The largest absolute Gasteiger partial charge is 0.370 e. The Morgan fingerprint density at radius 3 is 2.92 bits per heavy atom. The standard InChI is InChI=1S/C12H13N/c1-3-10-8-9-13(2)12-7-5-4-6-11(10)12/h3-8H,1,9H2,2H3. The molecule has 0 N–H and O–H groups in total. The Morgan fingerprint density at radius 2 is 2.15 bits per heavy atom. The number of hydrogen-bond donors (Lipinski definition) is 0. The molecule has 2 rings (SSSR count). The van der Waals surface area contributed by atoms with E-state index in [2.05, 4.69) is 48.9 Å². The van der Waals surface area contributed by atoms with E-state index in [9.17, 15) is 0 Å². The highest BCUT2D eigenvalue weighted by atomic mass is 15.1. The van der Waals surface area contributed by atoms with Gasteiger partial charge in [-0.05, 0) is 11.6 Å². The maximum absolute atomic E-state index is 3.82. The third kappa shape index (κ3) is 1.26. The number of fused-ring (bicyclic) bond motifs is 1. The van der Waals surface area contributed by atoms with Crippen LogP contribution in [-0.2, 0) is 0 Å². The van der Waals surface area contributed by atoms with Crippen molar-refractivity contribution in [2.75, 3.05) is 18.5 Å². The van der Waals surface area contributed by atoms with Crippen LogP contribution in [0.2, 0.25) is 0 Å². The predicted octanol–water partition coefficient (Wildman–Crippen LogP) is 2.71. The zero-order chi connectivity index (χ0) is 9.26. The normalized spacial score (nSPS) is 14.8. The molecule has 0 amide bonds. The smallest absolute Gasteiger partial charge is 0.0446 e. The Kier molecular flexibility index (Phi) is 1.93. The lowest BCUT2D eigenvalue weighted by Gasteiger charge is -2.26. The molecule has 0 saturated carbocycles. The molecule has 1 heteroatoms. The monoisotopic (exact) mass is 171 g/mol. The summed E-state index contributed by atoms with van der Waals surface area (Å²) in [7, 11) is 2.11. The second-order valence-corrected chi connectivity index (χ2v) is 3.26. The molecule has 1 nitrogen and oxygen atoms in total. The van der Waals surface area contributed by atoms with Crippen LogP contribution in [0.5, 0.6) is 0 Å². The van der Waals surface area contributed by atoms with Crippen LogP contribution in [0.15, 0.2) is 43.0 Å². The summed E-state index contributed by atoms with van der Waals surface area (Å²) in [5.41, 5.74) is 3.82. The maximum atomic E-state index is 3.82. The minimum atomic E-state index is 0.971. The van der Waals surface area contributed by atoms with Gasteiger partial charge in [0.25, 0.3) is 0 Å². The molecule has 0 atom stereocenters. The van der Waals surface area contributed by atoms with E-state index in [1.54, 1.807) is 0 Å². The molecule has 0 aliphatic carbocycles. The highest BCUT2D eigenvalue weighted by Gasteiger charge is 2.12. The zero-order valence-electron chi connectivity index (χ0n) is 7.83. The van der Waals surface area contributed by atoms with E-state index in [1.807, 2.05) is 6.08 Å². The molecule has 66 valence electrons. The van der Waals surface area contributed by atoms with Gasteiger partial charge in [0.2, 0.25) is 0 Å². The highest BCUT2D eigenvalue weighted by Crippen LogP contribution is 2.30. The molecule has 0 radical (unpaired) electrons. The molecule has 1 aromatic rings. The molecular formula is C12H13N. The number of allylic oxidation sites excluding steroid dienone is 2. The zero-order valence-corrected chi connectivity index (χ0v) is 7.83. The number of benzene rings is 1. The Morgan fingerprint density at radius 1 is 1.38 bits per heavy atom. The Bertz CT molecular complexity index is 363. The van der Waals surface area contributed by atoms with Gasteiger partial charge in [0.1, 0.15) is 0 Å². The van der Waals surface area contributed by atoms with Crippen molar-refractivity contribution in [1.82, 2.24) is 0 Å². The first kappa shape index (κ1) is 8.11. The molecular weight excluding hydrogens is 158 g/mol. The summed E-state index contributed by atoms with van der Waals surface area (Å²) >= 11 is 0. The van der Waals surface area contributed by atoms with Crippen LogP contribution in [0.4, 0.5) is 5.69 Å². The number of nitrogens with zero attached hydrogens (tertiary/aromatic N) is 1. The molecule has 0 unspecified atom stereocenters. The lowest BCUT2D eigenvalue weighted by atomic mass is 10.00. The maximum Gasteiger partial charge on any atom is 0.0446 e. The molecule has 1 aliphatic heterocycles. The van der Waals surface area contributed by atoms with Gasteiger partial charge in [0.15, 0.2) is 0 Å². The van der Waals surface area contributed by atoms with Crippen molar-refractivity contribution in [1.29, 1.82) is 0 Å². The topological polar surface area (TPSA) is 3.24 Å². The van der Waals surface area contributed by atoms with Crippen molar-refractivity contribution >= 4 is 11.3 Å². The minimum absolute atomic E-state index is 0.971. The molecule has 0 fully saturated rings. The first-order valence-electron chi connectivity index (χ1n) is 4.46. The summed E-state index contributed by atoms with van der Waals surface area (Å²) in [6.07, 6.45) is 4.13. The quantitative estimate of drug-likeness (QED) is 0.628. The van der Waals surface area contributed by atoms with Crippen molar-refractivity contribution < 1.29 is 0 Å². The lowest BCUT2D eigenvalue weighted by Crippen LogP contribution is -2.21. The van der Waals surface area contributed by atoms with Crippen molar-refractivity contribution in [2.45, 2.75) is 0 Å². The third-order valence-electron chi connectivity index (χ3n) is 2.43. The van der Waals surface area contributed by atoms with Gasteiger partial charge in [-0.2, -0.15) is 0 Å². The third-order valence-corrected chi connectivity index (χ3v) is 2.43. The fourth-order valence-electron chi connectivity index (χ4n) is 1.69. The van der Waals surface area contributed by atoms with E-state index in [0.717, 1.165) is 6.54 Å². The Hall–Kier alpha value is -1.50. The molecule has 1 aliphatic rings.